The molecule has 0 amide bonds. The van der Waals surface area contributed by atoms with Crippen molar-refractivity contribution in [1.29, 1.82) is 0 Å². The van der Waals surface area contributed by atoms with Crippen LogP contribution in [0.3, 0.4) is 0 Å². The van der Waals surface area contributed by atoms with Crippen LogP contribution < -0.4 is 5.32 Å². The van der Waals surface area contributed by atoms with Gasteiger partial charge in [0, 0.05) is 36.5 Å². The van der Waals surface area contributed by atoms with Crippen molar-refractivity contribution < 1.29 is 0 Å². The van der Waals surface area contributed by atoms with Crippen LogP contribution >= 0.6 is 0 Å². The summed E-state index contributed by atoms with van der Waals surface area (Å²) in [6.07, 6.45) is 7.21. The van der Waals surface area contributed by atoms with Crippen LogP contribution in [-0.2, 0) is 13.0 Å². The Balaban J connectivity index is 0.000000606. The van der Waals surface area contributed by atoms with Crippen LogP contribution in [0.25, 0.3) is 12.2 Å². The predicted molar refractivity (Wildman–Crippen MR) is 72.4 cm³/mol. The standard InChI is InChI=1S/C12H16N2.C2H6/c1-3-5-9-10-8-13-7-6-12(10)14-11(9)4-2;1-2/h3-5,13-14H,2,6-8H2,1H3;1-2H3/b5-3-;. The number of fused-ring (bicyclic) bond motifs is 1. The maximum atomic E-state index is 3.83. The van der Waals surface area contributed by atoms with E-state index in [4.69, 9.17) is 0 Å². The maximum Gasteiger partial charge on any atom is 0.0453 e. The summed E-state index contributed by atoms with van der Waals surface area (Å²) in [7, 11) is 0. The van der Waals surface area contributed by atoms with Gasteiger partial charge in [-0.2, -0.15) is 0 Å². The molecule has 0 saturated heterocycles. The fourth-order valence-electron chi connectivity index (χ4n) is 1.99. The summed E-state index contributed by atoms with van der Waals surface area (Å²) < 4.78 is 0. The van der Waals surface area contributed by atoms with Gasteiger partial charge in [0.15, 0.2) is 0 Å². The second-order valence-electron chi connectivity index (χ2n) is 3.54. The van der Waals surface area contributed by atoms with Crippen LogP contribution in [-0.4, -0.2) is 11.5 Å². The van der Waals surface area contributed by atoms with Crippen molar-refractivity contribution in [2.45, 2.75) is 33.7 Å². The molecule has 2 heteroatoms. The zero-order valence-electron chi connectivity index (χ0n) is 10.6. The number of hydrogen-bond donors (Lipinski definition) is 2. The summed E-state index contributed by atoms with van der Waals surface area (Å²) in [5.74, 6) is 0. The highest BCUT2D eigenvalue weighted by atomic mass is 14.9. The van der Waals surface area contributed by atoms with Crippen LogP contribution in [0.15, 0.2) is 12.7 Å². The molecule has 0 unspecified atom stereocenters. The molecule has 0 atom stereocenters. The summed E-state index contributed by atoms with van der Waals surface area (Å²) in [6.45, 7) is 11.9. The molecule has 2 rings (SSSR count). The molecule has 0 radical (unpaired) electrons. The number of H-pyrrole nitrogens is 1. The van der Waals surface area contributed by atoms with Crippen LogP contribution in [0, 0.1) is 0 Å². The Kier molecular flexibility index (Phi) is 5.06. The molecule has 0 fully saturated rings. The van der Waals surface area contributed by atoms with E-state index in [1.54, 1.807) is 0 Å². The molecule has 2 nitrogen and oxygen atoms in total. The second-order valence-corrected chi connectivity index (χ2v) is 3.54. The quantitative estimate of drug-likeness (QED) is 0.782. The second kappa shape index (κ2) is 6.33. The smallest absolute Gasteiger partial charge is 0.0453 e. The number of nitrogens with one attached hydrogen (secondary N) is 2. The van der Waals surface area contributed by atoms with Gasteiger partial charge in [0.2, 0.25) is 0 Å². The van der Waals surface area contributed by atoms with Gasteiger partial charge in [0.1, 0.15) is 0 Å². The van der Waals surface area contributed by atoms with E-state index in [0.717, 1.165) is 25.2 Å². The predicted octanol–water partition coefficient (Wildman–Crippen LogP) is 3.36. The van der Waals surface area contributed by atoms with Gasteiger partial charge in [-0.25, -0.2) is 0 Å². The molecule has 0 aliphatic carbocycles. The van der Waals surface area contributed by atoms with E-state index in [1.165, 1.54) is 16.8 Å². The normalized spacial score (nSPS) is 14.2. The molecule has 0 bridgehead atoms. The summed E-state index contributed by atoms with van der Waals surface area (Å²) in [5, 5.41) is 3.39. The van der Waals surface area contributed by atoms with E-state index in [9.17, 15) is 0 Å². The summed E-state index contributed by atoms with van der Waals surface area (Å²) in [4.78, 5) is 3.43. The van der Waals surface area contributed by atoms with Gasteiger partial charge in [-0.05, 0) is 18.6 Å². The number of aromatic nitrogens is 1. The highest BCUT2D eigenvalue weighted by molar-refractivity contribution is 5.67. The topological polar surface area (TPSA) is 27.8 Å². The first-order valence-corrected chi connectivity index (χ1v) is 6.06. The fraction of sp³-hybridized carbons (Fsp3) is 0.429. The van der Waals surface area contributed by atoms with Gasteiger partial charge in [-0.15, -0.1) is 0 Å². The van der Waals surface area contributed by atoms with E-state index in [-0.39, 0.29) is 0 Å². The molecular formula is C14H22N2. The third-order valence-electron chi connectivity index (χ3n) is 2.66. The lowest BCUT2D eigenvalue weighted by Crippen LogP contribution is -2.23. The number of allylic oxidation sites excluding steroid dienone is 1. The lowest BCUT2D eigenvalue weighted by molar-refractivity contribution is 0.637. The molecule has 0 saturated carbocycles. The molecular weight excluding hydrogens is 196 g/mol. The summed E-state index contributed by atoms with van der Waals surface area (Å²) >= 11 is 0. The van der Waals surface area contributed by atoms with Gasteiger partial charge in [-0.1, -0.05) is 32.6 Å². The van der Waals surface area contributed by atoms with E-state index in [2.05, 4.69) is 29.0 Å². The van der Waals surface area contributed by atoms with Crippen molar-refractivity contribution in [2.75, 3.05) is 6.54 Å². The third kappa shape index (κ3) is 2.45. The van der Waals surface area contributed by atoms with Crippen molar-refractivity contribution in [3.05, 3.63) is 35.2 Å². The summed E-state index contributed by atoms with van der Waals surface area (Å²) in [5.41, 5.74) is 5.22. The average Bonchev–Trinajstić information content (AvgIpc) is 2.71. The minimum absolute atomic E-state index is 0.972. The van der Waals surface area contributed by atoms with Crippen molar-refractivity contribution in [3.8, 4) is 0 Å². The van der Waals surface area contributed by atoms with Crippen molar-refractivity contribution in [1.82, 2.24) is 10.3 Å². The zero-order chi connectivity index (χ0) is 12.0. The average molecular weight is 218 g/mol. The monoisotopic (exact) mass is 218 g/mol. The van der Waals surface area contributed by atoms with Gasteiger partial charge in [-0.3, -0.25) is 0 Å². The van der Waals surface area contributed by atoms with Crippen molar-refractivity contribution in [2.24, 2.45) is 0 Å². The first-order valence-electron chi connectivity index (χ1n) is 6.06. The Morgan fingerprint density at radius 1 is 1.31 bits per heavy atom. The Morgan fingerprint density at radius 2 is 2.06 bits per heavy atom. The number of aromatic amines is 1. The summed E-state index contributed by atoms with van der Waals surface area (Å²) in [6, 6.07) is 0. The first kappa shape index (κ1) is 12.8. The first-order chi connectivity index (χ1) is 7.86. The van der Waals surface area contributed by atoms with Gasteiger partial charge in [0.05, 0.1) is 0 Å². The molecule has 1 aromatic heterocycles. The molecule has 2 heterocycles. The Hall–Kier alpha value is -1.28. The molecule has 88 valence electrons. The molecule has 0 aromatic carbocycles. The molecule has 1 aromatic rings. The van der Waals surface area contributed by atoms with Crippen molar-refractivity contribution in [3.63, 3.8) is 0 Å². The van der Waals surface area contributed by atoms with E-state index in [0.29, 0.717) is 0 Å². The third-order valence-corrected chi connectivity index (χ3v) is 2.66. The number of hydrogen-bond acceptors (Lipinski definition) is 1. The molecule has 1 aliphatic heterocycles. The van der Waals surface area contributed by atoms with Crippen LogP contribution in [0.5, 0.6) is 0 Å². The van der Waals surface area contributed by atoms with Gasteiger partial charge in [0.25, 0.3) is 0 Å². The van der Waals surface area contributed by atoms with Crippen LogP contribution in [0.1, 0.15) is 43.3 Å². The van der Waals surface area contributed by atoms with E-state index >= 15 is 0 Å². The zero-order valence-corrected chi connectivity index (χ0v) is 10.6. The molecule has 16 heavy (non-hydrogen) atoms. The van der Waals surface area contributed by atoms with E-state index < -0.39 is 0 Å². The lowest BCUT2D eigenvalue weighted by atomic mass is 10.0. The van der Waals surface area contributed by atoms with E-state index in [1.807, 2.05) is 26.8 Å². The Labute approximate surface area is 98.5 Å². The van der Waals surface area contributed by atoms with Gasteiger partial charge >= 0.3 is 0 Å². The van der Waals surface area contributed by atoms with Crippen LogP contribution in [0.4, 0.5) is 0 Å². The highest BCUT2D eigenvalue weighted by Crippen LogP contribution is 2.24. The minimum atomic E-state index is 0.972. The van der Waals surface area contributed by atoms with Crippen molar-refractivity contribution >= 4 is 12.2 Å². The maximum absolute atomic E-state index is 3.83. The fourth-order valence-corrected chi connectivity index (χ4v) is 1.99. The van der Waals surface area contributed by atoms with Gasteiger partial charge < -0.3 is 10.3 Å². The largest absolute Gasteiger partial charge is 0.358 e. The minimum Gasteiger partial charge on any atom is -0.358 e. The van der Waals surface area contributed by atoms with Crippen LogP contribution in [0.2, 0.25) is 0 Å². The Morgan fingerprint density at radius 3 is 2.69 bits per heavy atom. The SMILES string of the molecule is C=Cc1[nH]c2c(c1/C=C\C)CNCC2.CC. The molecule has 2 N–H and O–H groups in total. The molecule has 1 aliphatic rings. The molecule has 0 spiro atoms. The Bertz CT molecular complexity index is 372. The lowest BCUT2D eigenvalue weighted by Gasteiger charge is -2.13. The highest BCUT2D eigenvalue weighted by Gasteiger charge is 2.16. The number of rotatable bonds is 2.